The summed E-state index contributed by atoms with van der Waals surface area (Å²) in [4.78, 5) is 5.13. The molecule has 0 N–H and O–H groups in total. The number of nitrogens with zero attached hydrogens (tertiary/aromatic N) is 3. The predicted molar refractivity (Wildman–Crippen MR) is 121 cm³/mol. The van der Waals surface area contributed by atoms with Gasteiger partial charge in [0.05, 0.1) is 13.4 Å². The maximum absolute atomic E-state index is 11.8. The maximum atomic E-state index is 11.8. The number of fused-ring (bicyclic) bond motifs is 4. The van der Waals surface area contributed by atoms with Gasteiger partial charge in [0.1, 0.15) is 5.75 Å². The highest BCUT2D eigenvalue weighted by atomic mass is 32.2. The van der Waals surface area contributed by atoms with Gasteiger partial charge in [0, 0.05) is 37.1 Å². The van der Waals surface area contributed by atoms with Crippen LogP contribution in [0.4, 0.5) is 0 Å². The third-order valence-electron chi connectivity index (χ3n) is 7.99. The minimum atomic E-state index is -3.07. The fourth-order valence-corrected chi connectivity index (χ4v) is 7.17. The summed E-state index contributed by atoms with van der Waals surface area (Å²) in [7, 11) is 3.23. The van der Waals surface area contributed by atoms with Crippen LogP contribution in [-0.4, -0.2) is 88.2 Å². The average molecular weight is 436 g/mol. The molecular formula is C23H37N3O3S. The molecule has 3 atom stereocenters. The topological polar surface area (TPSA) is 53.1 Å². The molecule has 0 amide bonds. The van der Waals surface area contributed by atoms with Crippen LogP contribution in [0.3, 0.4) is 0 Å². The smallest absolute Gasteiger partial charge is 0.211 e. The van der Waals surface area contributed by atoms with Crippen LogP contribution in [-0.2, 0) is 21.9 Å². The lowest BCUT2D eigenvalue weighted by atomic mass is 9.61. The van der Waals surface area contributed by atoms with Gasteiger partial charge in [0.25, 0.3) is 0 Å². The summed E-state index contributed by atoms with van der Waals surface area (Å²) in [6, 6.07) is 7.57. The van der Waals surface area contributed by atoms with Crippen LogP contribution >= 0.6 is 0 Å². The highest BCUT2D eigenvalue weighted by Gasteiger charge is 2.51. The minimum Gasteiger partial charge on any atom is -0.497 e. The van der Waals surface area contributed by atoms with Gasteiger partial charge in [0.15, 0.2) is 0 Å². The number of sulfonamides is 1. The van der Waals surface area contributed by atoms with Gasteiger partial charge < -0.3 is 14.5 Å². The number of rotatable bonds is 5. The Balaban J connectivity index is 1.55. The molecule has 168 valence electrons. The van der Waals surface area contributed by atoms with Crippen molar-refractivity contribution < 1.29 is 13.2 Å². The second-order valence-electron chi connectivity index (χ2n) is 9.93. The zero-order chi connectivity index (χ0) is 21.7. The van der Waals surface area contributed by atoms with Crippen molar-refractivity contribution in [3.63, 3.8) is 0 Å². The lowest BCUT2D eigenvalue weighted by Gasteiger charge is -2.58. The van der Waals surface area contributed by atoms with E-state index < -0.39 is 10.0 Å². The lowest BCUT2D eigenvalue weighted by molar-refractivity contribution is -0.00613. The van der Waals surface area contributed by atoms with Crippen LogP contribution < -0.4 is 4.74 Å². The maximum Gasteiger partial charge on any atom is 0.211 e. The molecule has 6 nitrogen and oxygen atoms in total. The summed E-state index contributed by atoms with van der Waals surface area (Å²) in [6.07, 6.45) is 5.44. The number of hydrogen-bond donors (Lipinski definition) is 0. The number of methoxy groups -OCH3 is 1. The van der Waals surface area contributed by atoms with Crippen LogP contribution in [0.15, 0.2) is 18.2 Å². The summed E-state index contributed by atoms with van der Waals surface area (Å²) in [5.41, 5.74) is 3.01. The molecule has 0 aromatic heterocycles. The Kier molecular flexibility index (Phi) is 5.94. The molecule has 1 aromatic rings. The minimum absolute atomic E-state index is 0.0987. The molecule has 3 aliphatic rings. The van der Waals surface area contributed by atoms with E-state index in [4.69, 9.17) is 4.74 Å². The predicted octanol–water partition coefficient (Wildman–Crippen LogP) is 2.19. The molecule has 7 heteroatoms. The lowest BCUT2D eigenvalue weighted by Crippen LogP contribution is -2.66. The van der Waals surface area contributed by atoms with Crippen LogP contribution in [0.1, 0.15) is 37.3 Å². The zero-order valence-electron chi connectivity index (χ0n) is 19.1. The van der Waals surface area contributed by atoms with Crippen molar-refractivity contribution >= 4 is 10.0 Å². The van der Waals surface area contributed by atoms with Crippen molar-refractivity contribution in [1.82, 2.24) is 14.1 Å². The van der Waals surface area contributed by atoms with E-state index in [1.54, 1.807) is 11.4 Å². The van der Waals surface area contributed by atoms with Gasteiger partial charge in [-0.2, -0.15) is 0 Å². The Labute approximate surface area is 182 Å². The first-order valence-electron chi connectivity index (χ1n) is 11.2. The van der Waals surface area contributed by atoms with Crippen LogP contribution in [0, 0.1) is 5.92 Å². The Morgan fingerprint density at radius 2 is 1.93 bits per heavy atom. The molecule has 2 fully saturated rings. The highest BCUT2D eigenvalue weighted by molar-refractivity contribution is 7.88. The highest BCUT2D eigenvalue weighted by Crippen LogP contribution is 2.47. The van der Waals surface area contributed by atoms with E-state index in [1.165, 1.54) is 17.4 Å². The van der Waals surface area contributed by atoms with Gasteiger partial charge in [-0.05, 0) is 75.5 Å². The van der Waals surface area contributed by atoms with Crippen molar-refractivity contribution in [3.05, 3.63) is 29.3 Å². The molecule has 2 heterocycles. The van der Waals surface area contributed by atoms with E-state index in [9.17, 15) is 8.42 Å². The third kappa shape index (κ3) is 3.90. The second-order valence-corrected chi connectivity index (χ2v) is 11.9. The molecule has 2 bridgehead atoms. The number of benzene rings is 1. The molecule has 0 spiro atoms. The summed E-state index contributed by atoms with van der Waals surface area (Å²) >= 11 is 0. The Hall–Kier alpha value is -1.15. The van der Waals surface area contributed by atoms with Gasteiger partial charge in [-0.3, -0.25) is 0 Å². The number of likely N-dealkylation sites (N-methyl/N-ethyl adjacent to an activating group) is 2. The van der Waals surface area contributed by atoms with E-state index in [1.807, 2.05) is 0 Å². The SMILES string of the molecule is COc1ccc2c(c1)C1(C)CCN(C)[C@H](C2)[C@@H]1N(C)CC1CCN(S(C)(=O)=O)CC1. The van der Waals surface area contributed by atoms with E-state index in [-0.39, 0.29) is 5.41 Å². The van der Waals surface area contributed by atoms with Crippen molar-refractivity contribution in [3.8, 4) is 5.75 Å². The number of ether oxygens (including phenoxy) is 1. The van der Waals surface area contributed by atoms with Gasteiger partial charge in [-0.15, -0.1) is 0 Å². The van der Waals surface area contributed by atoms with Crippen LogP contribution in [0.2, 0.25) is 0 Å². The molecule has 0 radical (unpaired) electrons. The fraction of sp³-hybridized carbons (Fsp3) is 0.739. The van der Waals surface area contributed by atoms with E-state index in [0.29, 0.717) is 31.1 Å². The number of hydrogen-bond acceptors (Lipinski definition) is 5. The van der Waals surface area contributed by atoms with E-state index >= 15 is 0 Å². The zero-order valence-corrected chi connectivity index (χ0v) is 19.9. The first-order valence-corrected chi connectivity index (χ1v) is 13.0. The standard InChI is InChI=1S/C23H37N3O3S/c1-23-10-13-24(2)21(14-18-6-7-19(29-4)15-20(18)23)22(23)25(3)16-17-8-11-26(12-9-17)30(5,27)28/h6-7,15,17,21-22H,8-14,16H2,1-5H3/t21-,22+,23?/m1/s1. The molecule has 0 saturated carbocycles. The molecule has 1 unspecified atom stereocenters. The second kappa shape index (κ2) is 8.08. The number of piperidine rings is 2. The Morgan fingerprint density at radius 3 is 2.57 bits per heavy atom. The molecule has 2 saturated heterocycles. The van der Waals surface area contributed by atoms with Gasteiger partial charge >= 0.3 is 0 Å². The Bertz CT molecular complexity index is 882. The van der Waals surface area contributed by atoms with Gasteiger partial charge in [-0.1, -0.05) is 13.0 Å². The van der Waals surface area contributed by atoms with Gasteiger partial charge in [0.2, 0.25) is 10.0 Å². The largest absolute Gasteiger partial charge is 0.497 e. The summed E-state index contributed by atoms with van der Waals surface area (Å²) in [6.45, 7) is 5.90. The van der Waals surface area contributed by atoms with E-state index in [0.717, 1.165) is 44.5 Å². The first kappa shape index (κ1) is 22.1. The van der Waals surface area contributed by atoms with Gasteiger partial charge in [-0.25, -0.2) is 12.7 Å². The molecule has 2 aliphatic heterocycles. The molecule has 4 rings (SSSR count). The molecule has 30 heavy (non-hydrogen) atoms. The van der Waals surface area contributed by atoms with Crippen LogP contribution in [0.5, 0.6) is 5.75 Å². The average Bonchev–Trinajstić information content (AvgIpc) is 2.70. The van der Waals surface area contributed by atoms with Crippen molar-refractivity contribution in [1.29, 1.82) is 0 Å². The molecule has 1 aromatic carbocycles. The third-order valence-corrected chi connectivity index (χ3v) is 9.30. The molecular weight excluding hydrogens is 398 g/mol. The quantitative estimate of drug-likeness (QED) is 0.710. The van der Waals surface area contributed by atoms with Crippen molar-refractivity contribution in [2.45, 2.75) is 50.1 Å². The monoisotopic (exact) mass is 435 g/mol. The Morgan fingerprint density at radius 1 is 1.23 bits per heavy atom. The molecule has 1 aliphatic carbocycles. The summed E-state index contributed by atoms with van der Waals surface area (Å²) in [5.74, 6) is 1.50. The van der Waals surface area contributed by atoms with Crippen molar-refractivity contribution in [2.75, 3.05) is 53.6 Å². The fourth-order valence-electron chi connectivity index (χ4n) is 6.29. The normalized spacial score (nSPS) is 31.0. The van der Waals surface area contributed by atoms with Crippen molar-refractivity contribution in [2.24, 2.45) is 5.92 Å². The summed E-state index contributed by atoms with van der Waals surface area (Å²) in [5, 5.41) is 0. The van der Waals surface area contributed by atoms with Crippen LogP contribution in [0.25, 0.3) is 0 Å². The first-order chi connectivity index (χ1) is 14.1. The van der Waals surface area contributed by atoms with E-state index in [2.05, 4.69) is 49.0 Å². The number of likely N-dealkylation sites (tertiary alicyclic amines) is 1. The summed E-state index contributed by atoms with van der Waals surface area (Å²) < 4.78 is 30.9.